The Morgan fingerprint density at radius 1 is 1.35 bits per heavy atom. The molecule has 0 bridgehead atoms. The maximum atomic E-state index is 6.04. The zero-order chi connectivity index (χ0) is 12.4. The molecule has 2 aromatic heterocycles. The van der Waals surface area contributed by atoms with Gasteiger partial charge in [-0.05, 0) is 5.92 Å². The van der Waals surface area contributed by atoms with Gasteiger partial charge < -0.3 is 4.74 Å². The third-order valence-electron chi connectivity index (χ3n) is 2.27. The number of rotatable bonds is 3. The zero-order valence-corrected chi connectivity index (χ0v) is 10.6. The Morgan fingerprint density at radius 2 is 2.12 bits per heavy atom. The number of ether oxygens (including phenoxy) is 1. The van der Waals surface area contributed by atoms with Gasteiger partial charge in [-0.15, -0.1) is 0 Å². The largest absolute Gasteiger partial charge is 0.435 e. The SMILES string of the molecule is CC(C)c1c(Cl)ncnc1Oc1cnn(C)c1. The van der Waals surface area contributed by atoms with Gasteiger partial charge in [-0.2, -0.15) is 5.10 Å². The van der Waals surface area contributed by atoms with E-state index < -0.39 is 0 Å². The van der Waals surface area contributed by atoms with Crippen molar-refractivity contribution in [1.29, 1.82) is 0 Å². The molecule has 0 atom stereocenters. The van der Waals surface area contributed by atoms with Crippen LogP contribution in [0.15, 0.2) is 18.7 Å². The molecule has 5 nitrogen and oxygen atoms in total. The summed E-state index contributed by atoms with van der Waals surface area (Å²) < 4.78 is 7.31. The van der Waals surface area contributed by atoms with Gasteiger partial charge in [-0.3, -0.25) is 4.68 Å². The molecule has 2 rings (SSSR count). The predicted octanol–water partition coefficient (Wildman–Crippen LogP) is 2.78. The quantitative estimate of drug-likeness (QED) is 0.789. The molecule has 0 spiro atoms. The lowest BCUT2D eigenvalue weighted by molar-refractivity contribution is 0.450. The number of halogens is 1. The lowest BCUT2D eigenvalue weighted by Crippen LogP contribution is -1.99. The number of aryl methyl sites for hydroxylation is 1. The summed E-state index contributed by atoms with van der Waals surface area (Å²) >= 11 is 6.04. The van der Waals surface area contributed by atoms with E-state index in [1.165, 1.54) is 6.33 Å². The third-order valence-corrected chi connectivity index (χ3v) is 2.57. The molecular weight excluding hydrogens is 240 g/mol. The molecule has 0 aliphatic heterocycles. The second-order valence-electron chi connectivity index (χ2n) is 3.99. The van der Waals surface area contributed by atoms with E-state index in [0.29, 0.717) is 16.8 Å². The zero-order valence-electron chi connectivity index (χ0n) is 9.88. The van der Waals surface area contributed by atoms with Crippen molar-refractivity contribution in [3.63, 3.8) is 0 Å². The van der Waals surface area contributed by atoms with E-state index >= 15 is 0 Å². The molecule has 0 amide bonds. The molecule has 6 heteroatoms. The molecule has 0 aliphatic carbocycles. The van der Waals surface area contributed by atoms with Gasteiger partial charge in [0.1, 0.15) is 11.5 Å². The Bertz CT molecular complexity index is 524. The van der Waals surface area contributed by atoms with Crippen LogP contribution in [0.4, 0.5) is 0 Å². The highest BCUT2D eigenvalue weighted by Crippen LogP contribution is 2.32. The Kier molecular flexibility index (Phi) is 3.28. The second kappa shape index (κ2) is 4.71. The fourth-order valence-electron chi connectivity index (χ4n) is 1.49. The Morgan fingerprint density at radius 3 is 2.71 bits per heavy atom. The topological polar surface area (TPSA) is 52.8 Å². The van der Waals surface area contributed by atoms with Crippen LogP contribution in [-0.4, -0.2) is 19.7 Å². The molecule has 17 heavy (non-hydrogen) atoms. The first-order valence-corrected chi connectivity index (χ1v) is 5.62. The lowest BCUT2D eigenvalue weighted by Gasteiger charge is -2.11. The van der Waals surface area contributed by atoms with Gasteiger partial charge in [0.25, 0.3) is 0 Å². The van der Waals surface area contributed by atoms with Gasteiger partial charge in [0.2, 0.25) is 5.88 Å². The van der Waals surface area contributed by atoms with Crippen molar-refractivity contribution in [3.05, 3.63) is 29.4 Å². The van der Waals surface area contributed by atoms with Crippen LogP contribution in [0.2, 0.25) is 5.15 Å². The fraction of sp³-hybridized carbons (Fsp3) is 0.364. The third kappa shape index (κ3) is 2.55. The van der Waals surface area contributed by atoms with Crippen LogP contribution in [0, 0.1) is 0 Å². The highest BCUT2D eigenvalue weighted by atomic mass is 35.5. The molecular formula is C11H13ClN4O. The van der Waals surface area contributed by atoms with E-state index in [0.717, 1.165) is 5.56 Å². The van der Waals surface area contributed by atoms with E-state index in [2.05, 4.69) is 15.1 Å². The Labute approximate surface area is 104 Å². The summed E-state index contributed by atoms with van der Waals surface area (Å²) in [5.74, 6) is 1.30. The fourth-order valence-corrected chi connectivity index (χ4v) is 1.83. The van der Waals surface area contributed by atoms with E-state index in [-0.39, 0.29) is 5.92 Å². The molecule has 0 saturated carbocycles. The Balaban J connectivity index is 2.35. The first-order valence-electron chi connectivity index (χ1n) is 5.25. The van der Waals surface area contributed by atoms with Crippen LogP contribution in [0.1, 0.15) is 25.3 Å². The highest BCUT2D eigenvalue weighted by molar-refractivity contribution is 6.30. The summed E-state index contributed by atoms with van der Waals surface area (Å²) in [5.41, 5.74) is 0.804. The molecule has 0 aromatic carbocycles. The average Bonchev–Trinajstić information content (AvgIpc) is 2.63. The molecule has 0 aliphatic rings. The van der Waals surface area contributed by atoms with Gasteiger partial charge in [0, 0.05) is 7.05 Å². The van der Waals surface area contributed by atoms with Gasteiger partial charge in [0.05, 0.1) is 18.0 Å². The molecule has 2 aromatic rings. The van der Waals surface area contributed by atoms with E-state index in [4.69, 9.17) is 16.3 Å². The van der Waals surface area contributed by atoms with Gasteiger partial charge >= 0.3 is 0 Å². The summed E-state index contributed by atoms with van der Waals surface area (Å²) in [5, 5.41) is 4.45. The van der Waals surface area contributed by atoms with Crippen molar-refractivity contribution in [1.82, 2.24) is 19.7 Å². The predicted molar refractivity (Wildman–Crippen MR) is 64.4 cm³/mol. The van der Waals surface area contributed by atoms with E-state index in [1.807, 2.05) is 20.9 Å². The average molecular weight is 253 g/mol. The second-order valence-corrected chi connectivity index (χ2v) is 4.35. The summed E-state index contributed by atoms with van der Waals surface area (Å²) in [7, 11) is 1.82. The van der Waals surface area contributed by atoms with Gasteiger partial charge in [-0.25, -0.2) is 9.97 Å². The molecule has 0 N–H and O–H groups in total. The van der Waals surface area contributed by atoms with Crippen molar-refractivity contribution in [2.75, 3.05) is 0 Å². The van der Waals surface area contributed by atoms with E-state index in [1.54, 1.807) is 17.1 Å². The Hall–Kier alpha value is -1.62. The van der Waals surface area contributed by atoms with E-state index in [9.17, 15) is 0 Å². The maximum absolute atomic E-state index is 6.04. The number of hydrogen-bond acceptors (Lipinski definition) is 4. The smallest absolute Gasteiger partial charge is 0.227 e. The standard InChI is InChI=1S/C11H13ClN4O/c1-7(2)9-10(12)13-6-14-11(9)17-8-4-15-16(3)5-8/h4-7H,1-3H3. The van der Waals surface area contributed by atoms with Crippen molar-refractivity contribution < 1.29 is 4.74 Å². The first kappa shape index (κ1) is 11.9. The summed E-state index contributed by atoms with van der Waals surface area (Å²) in [4.78, 5) is 8.07. The summed E-state index contributed by atoms with van der Waals surface area (Å²) in [6, 6.07) is 0. The van der Waals surface area contributed by atoms with Gasteiger partial charge in [-0.1, -0.05) is 25.4 Å². The van der Waals surface area contributed by atoms with Crippen LogP contribution < -0.4 is 4.74 Å². The molecule has 0 radical (unpaired) electrons. The van der Waals surface area contributed by atoms with Gasteiger partial charge in [0.15, 0.2) is 5.75 Å². The molecule has 90 valence electrons. The molecule has 0 unspecified atom stereocenters. The normalized spacial score (nSPS) is 10.9. The van der Waals surface area contributed by atoms with Crippen molar-refractivity contribution >= 4 is 11.6 Å². The highest BCUT2D eigenvalue weighted by Gasteiger charge is 2.15. The number of aromatic nitrogens is 4. The molecule has 0 fully saturated rings. The van der Waals surface area contributed by atoms with Crippen molar-refractivity contribution in [3.8, 4) is 11.6 Å². The first-order chi connectivity index (χ1) is 8.08. The summed E-state index contributed by atoms with van der Waals surface area (Å²) in [6.45, 7) is 4.03. The number of hydrogen-bond donors (Lipinski definition) is 0. The minimum atomic E-state index is 0.190. The minimum absolute atomic E-state index is 0.190. The molecule has 0 saturated heterocycles. The van der Waals surface area contributed by atoms with Crippen LogP contribution >= 0.6 is 11.6 Å². The minimum Gasteiger partial charge on any atom is -0.435 e. The summed E-state index contributed by atoms with van der Waals surface area (Å²) in [6.07, 6.45) is 4.78. The van der Waals surface area contributed by atoms with Crippen LogP contribution in [-0.2, 0) is 7.05 Å². The van der Waals surface area contributed by atoms with Crippen LogP contribution in [0.5, 0.6) is 11.6 Å². The maximum Gasteiger partial charge on any atom is 0.227 e. The molecule has 2 heterocycles. The van der Waals surface area contributed by atoms with Crippen molar-refractivity contribution in [2.45, 2.75) is 19.8 Å². The van der Waals surface area contributed by atoms with Crippen LogP contribution in [0.3, 0.4) is 0 Å². The van der Waals surface area contributed by atoms with Crippen molar-refractivity contribution in [2.24, 2.45) is 7.05 Å². The monoisotopic (exact) mass is 252 g/mol. The number of nitrogens with zero attached hydrogens (tertiary/aromatic N) is 4. The lowest BCUT2D eigenvalue weighted by atomic mass is 10.1. The van der Waals surface area contributed by atoms with Crippen LogP contribution in [0.25, 0.3) is 0 Å².